The van der Waals surface area contributed by atoms with Gasteiger partial charge in [0.2, 0.25) is 0 Å². The maximum atomic E-state index is 9.68. The van der Waals surface area contributed by atoms with E-state index in [-0.39, 0.29) is 5.41 Å². The van der Waals surface area contributed by atoms with Crippen molar-refractivity contribution in [1.29, 1.82) is 5.26 Å². The van der Waals surface area contributed by atoms with Crippen LogP contribution in [0.2, 0.25) is 0 Å². The van der Waals surface area contributed by atoms with Crippen molar-refractivity contribution in [2.45, 2.75) is 37.5 Å². The van der Waals surface area contributed by atoms with Crippen molar-refractivity contribution in [2.24, 2.45) is 0 Å². The second kappa shape index (κ2) is 11.4. The summed E-state index contributed by atoms with van der Waals surface area (Å²) in [4.78, 5) is 10.2. The molecule has 0 aliphatic heterocycles. The Labute approximate surface area is 281 Å². The summed E-state index contributed by atoms with van der Waals surface area (Å²) in [5, 5.41) is 12.1. The number of nitrogens with zero attached hydrogens (tertiary/aromatic N) is 3. The Bertz CT molecular complexity index is 2390. The highest BCUT2D eigenvalue weighted by Crippen LogP contribution is 2.56. The molecule has 7 aromatic rings. The van der Waals surface area contributed by atoms with Gasteiger partial charge >= 0.3 is 0 Å². The maximum absolute atomic E-state index is 9.68. The molecule has 0 radical (unpaired) electrons. The smallest absolute Gasteiger partial charge is 0.160 e. The van der Waals surface area contributed by atoms with Gasteiger partial charge in [0.1, 0.15) is 0 Å². The van der Waals surface area contributed by atoms with Crippen LogP contribution in [-0.4, -0.2) is 9.97 Å². The van der Waals surface area contributed by atoms with Gasteiger partial charge in [0.05, 0.1) is 23.0 Å². The van der Waals surface area contributed by atoms with E-state index in [2.05, 4.69) is 133 Å². The van der Waals surface area contributed by atoms with Gasteiger partial charge in [-0.2, -0.15) is 5.26 Å². The van der Waals surface area contributed by atoms with Gasteiger partial charge in [-0.25, -0.2) is 9.97 Å². The van der Waals surface area contributed by atoms with Crippen molar-refractivity contribution in [3.05, 3.63) is 156 Å². The standard InChI is InChI=1S/C45H33N3/c46-29-30-16-21-40-39(24-30)38-20-19-35(27-41(38)45(40)22-7-2-8-23-45)34-14-9-15-36(25-34)43-28-42(32-11-3-1-4-12-32)47-44(48-43)37-18-17-31-10-5-6-13-33(31)26-37/h1,3-6,9-21,24-28H,2,7-8,22-23H2. The van der Waals surface area contributed by atoms with Gasteiger partial charge < -0.3 is 0 Å². The zero-order chi connectivity index (χ0) is 32.1. The predicted octanol–water partition coefficient (Wildman–Crippen LogP) is 11.4. The van der Waals surface area contributed by atoms with Crippen LogP contribution in [0, 0.1) is 11.3 Å². The van der Waals surface area contributed by atoms with Crippen LogP contribution < -0.4 is 0 Å². The molecule has 2 aliphatic rings. The van der Waals surface area contributed by atoms with Crippen LogP contribution in [0.25, 0.3) is 66.9 Å². The molecule has 1 heterocycles. The Hall–Kier alpha value is -5.85. The first-order valence-corrected chi connectivity index (χ1v) is 16.9. The molecule has 0 bridgehead atoms. The maximum Gasteiger partial charge on any atom is 0.160 e. The van der Waals surface area contributed by atoms with E-state index in [1.807, 2.05) is 12.1 Å². The van der Waals surface area contributed by atoms with Crippen LogP contribution in [0.15, 0.2) is 140 Å². The Morgan fingerprint density at radius 1 is 0.479 bits per heavy atom. The molecule has 0 atom stereocenters. The van der Waals surface area contributed by atoms with Crippen molar-refractivity contribution >= 4 is 10.8 Å². The third kappa shape index (κ3) is 4.72. The Balaban J connectivity index is 1.16. The highest BCUT2D eigenvalue weighted by atomic mass is 14.9. The van der Waals surface area contributed by atoms with Gasteiger partial charge in [0, 0.05) is 22.1 Å². The lowest BCUT2D eigenvalue weighted by atomic mass is 9.67. The van der Waals surface area contributed by atoms with Crippen LogP contribution in [0.4, 0.5) is 0 Å². The van der Waals surface area contributed by atoms with Crippen LogP contribution >= 0.6 is 0 Å². The quantitative estimate of drug-likeness (QED) is 0.198. The van der Waals surface area contributed by atoms with Crippen LogP contribution in [-0.2, 0) is 5.41 Å². The highest BCUT2D eigenvalue weighted by molar-refractivity contribution is 5.88. The summed E-state index contributed by atoms with van der Waals surface area (Å²) in [7, 11) is 0. The molecule has 1 aromatic heterocycles. The fraction of sp³-hybridized carbons (Fsp3) is 0.133. The van der Waals surface area contributed by atoms with Crippen LogP contribution in [0.3, 0.4) is 0 Å². The van der Waals surface area contributed by atoms with Gasteiger partial charge in [-0.3, -0.25) is 0 Å². The lowest BCUT2D eigenvalue weighted by Gasteiger charge is -2.36. The van der Waals surface area contributed by atoms with Gasteiger partial charge in [0.15, 0.2) is 5.82 Å². The van der Waals surface area contributed by atoms with E-state index < -0.39 is 0 Å². The Morgan fingerprint density at radius 2 is 1.19 bits per heavy atom. The zero-order valence-electron chi connectivity index (χ0n) is 26.7. The number of hydrogen-bond donors (Lipinski definition) is 0. The minimum atomic E-state index is 0.0243. The average molecular weight is 616 g/mol. The Kier molecular flexibility index (Phi) is 6.76. The van der Waals surface area contributed by atoms with Crippen LogP contribution in [0.1, 0.15) is 48.8 Å². The number of nitriles is 1. The van der Waals surface area contributed by atoms with E-state index in [1.165, 1.54) is 63.4 Å². The summed E-state index contributed by atoms with van der Waals surface area (Å²) in [6.45, 7) is 0. The molecule has 6 aromatic carbocycles. The van der Waals surface area contributed by atoms with Gasteiger partial charge in [-0.15, -0.1) is 0 Å². The molecule has 1 fully saturated rings. The van der Waals surface area contributed by atoms with E-state index in [9.17, 15) is 5.26 Å². The summed E-state index contributed by atoms with van der Waals surface area (Å²) in [5.41, 5.74) is 13.4. The second-order valence-corrected chi connectivity index (χ2v) is 13.2. The summed E-state index contributed by atoms with van der Waals surface area (Å²) in [6.07, 6.45) is 6.06. The van der Waals surface area contributed by atoms with Crippen molar-refractivity contribution in [3.8, 4) is 62.2 Å². The molecule has 2 aliphatic carbocycles. The number of benzene rings is 6. The van der Waals surface area contributed by atoms with E-state index in [0.29, 0.717) is 5.82 Å². The minimum Gasteiger partial charge on any atom is -0.228 e. The summed E-state index contributed by atoms with van der Waals surface area (Å²) >= 11 is 0. The monoisotopic (exact) mass is 615 g/mol. The average Bonchev–Trinajstić information content (AvgIpc) is 3.42. The minimum absolute atomic E-state index is 0.0243. The zero-order valence-corrected chi connectivity index (χ0v) is 26.7. The largest absolute Gasteiger partial charge is 0.228 e. The van der Waals surface area contributed by atoms with Crippen molar-refractivity contribution in [2.75, 3.05) is 0 Å². The molecule has 48 heavy (non-hydrogen) atoms. The molecule has 0 amide bonds. The topological polar surface area (TPSA) is 49.6 Å². The highest BCUT2D eigenvalue weighted by Gasteiger charge is 2.43. The number of aromatic nitrogens is 2. The third-order valence-electron chi connectivity index (χ3n) is 10.5. The van der Waals surface area contributed by atoms with E-state index >= 15 is 0 Å². The summed E-state index contributed by atoms with van der Waals surface area (Å²) in [6, 6.07) is 51.8. The Morgan fingerprint density at radius 3 is 2.02 bits per heavy atom. The normalized spacial score (nSPS) is 14.4. The van der Waals surface area contributed by atoms with Crippen LogP contribution in [0.5, 0.6) is 0 Å². The molecule has 0 N–H and O–H groups in total. The van der Waals surface area contributed by atoms with Crippen molar-refractivity contribution in [1.82, 2.24) is 9.97 Å². The molecular weight excluding hydrogens is 583 g/mol. The first-order valence-electron chi connectivity index (χ1n) is 16.9. The number of rotatable bonds is 4. The summed E-state index contributed by atoms with van der Waals surface area (Å²) in [5.74, 6) is 0.716. The lowest BCUT2D eigenvalue weighted by Crippen LogP contribution is -2.28. The first kappa shape index (κ1) is 28.4. The van der Waals surface area contributed by atoms with E-state index in [4.69, 9.17) is 9.97 Å². The van der Waals surface area contributed by atoms with Gasteiger partial charge in [-0.1, -0.05) is 122 Å². The first-order chi connectivity index (χ1) is 23.7. The fourth-order valence-electron chi connectivity index (χ4n) is 8.12. The molecule has 1 spiro atoms. The van der Waals surface area contributed by atoms with Crippen molar-refractivity contribution in [3.63, 3.8) is 0 Å². The molecule has 228 valence electrons. The molecule has 1 saturated carbocycles. The predicted molar refractivity (Wildman–Crippen MR) is 195 cm³/mol. The fourth-order valence-corrected chi connectivity index (χ4v) is 8.12. The molecule has 0 saturated heterocycles. The number of fused-ring (bicyclic) bond motifs is 6. The molecule has 3 heteroatoms. The molecular formula is C45H33N3. The summed E-state index contributed by atoms with van der Waals surface area (Å²) < 4.78 is 0. The third-order valence-corrected chi connectivity index (χ3v) is 10.5. The van der Waals surface area contributed by atoms with Gasteiger partial charge in [-0.05, 0) is 93.4 Å². The molecule has 3 nitrogen and oxygen atoms in total. The SMILES string of the molecule is N#Cc1ccc2c(c1)-c1ccc(-c3cccc(-c4cc(-c5ccccc5)nc(-c5ccc6ccccc6c5)n4)c3)cc1C21CCCCC1. The van der Waals surface area contributed by atoms with Crippen molar-refractivity contribution < 1.29 is 0 Å². The molecule has 9 rings (SSSR count). The van der Waals surface area contributed by atoms with E-state index in [0.717, 1.165) is 46.5 Å². The lowest BCUT2D eigenvalue weighted by molar-refractivity contribution is 0.353. The van der Waals surface area contributed by atoms with Gasteiger partial charge in [0.25, 0.3) is 0 Å². The second-order valence-electron chi connectivity index (χ2n) is 13.2. The van der Waals surface area contributed by atoms with E-state index in [1.54, 1.807) is 0 Å². The number of hydrogen-bond acceptors (Lipinski definition) is 3. The molecule has 0 unspecified atom stereocenters.